The van der Waals surface area contributed by atoms with Crippen LogP contribution in [0.15, 0.2) is 47.1 Å². The number of aromatic nitrogens is 3. The summed E-state index contributed by atoms with van der Waals surface area (Å²) in [5.41, 5.74) is 5.26. The lowest BCUT2D eigenvalue weighted by molar-refractivity contribution is -0.135. The van der Waals surface area contributed by atoms with Crippen molar-refractivity contribution in [2.75, 3.05) is 5.73 Å². The zero-order valence-corrected chi connectivity index (χ0v) is 15.5. The first-order valence-electron chi connectivity index (χ1n) is 7.96. The van der Waals surface area contributed by atoms with Gasteiger partial charge in [-0.2, -0.15) is 18.2 Å². The summed E-state index contributed by atoms with van der Waals surface area (Å²) >= 11 is 11.9. The minimum Gasteiger partial charge on any atom is -0.398 e. The molecule has 0 unspecified atom stereocenters. The Morgan fingerprint density at radius 3 is 2.46 bits per heavy atom. The second-order valence-corrected chi connectivity index (χ2v) is 6.95. The van der Waals surface area contributed by atoms with Gasteiger partial charge in [-0.3, -0.25) is 0 Å². The van der Waals surface area contributed by atoms with Crippen LogP contribution in [0.25, 0.3) is 22.4 Å². The molecule has 0 spiro atoms. The molecule has 0 atom stereocenters. The van der Waals surface area contributed by atoms with E-state index in [1.807, 2.05) is 0 Å². The lowest BCUT2D eigenvalue weighted by atomic mass is 10.1. The number of anilines is 1. The Bertz CT molecular complexity index is 1160. The Labute approximate surface area is 166 Å². The van der Waals surface area contributed by atoms with Crippen LogP contribution in [0.1, 0.15) is 11.4 Å². The van der Waals surface area contributed by atoms with E-state index in [0.717, 1.165) is 0 Å². The highest BCUT2D eigenvalue weighted by Crippen LogP contribution is 2.39. The normalized spacial score (nSPS) is 12.0. The first-order chi connectivity index (χ1) is 13.2. The monoisotopic (exact) mass is 426 g/mol. The van der Waals surface area contributed by atoms with Gasteiger partial charge in [-0.15, -0.1) is 0 Å². The summed E-state index contributed by atoms with van der Waals surface area (Å²) in [5.74, 6) is 0.491. The topological polar surface area (TPSA) is 69.9 Å². The molecule has 0 bridgehead atoms. The van der Waals surface area contributed by atoms with E-state index < -0.39 is 11.7 Å². The fourth-order valence-electron chi connectivity index (χ4n) is 3.01. The standard InChI is InChI=1S/C18H11Cl2F3N4O/c19-10-5-9(6-11(20)7-10)17-25-15(26-28-17)8-27-4-3-12-14(27)2-1-13(24)16(12)18(21,22)23/h1-7H,8,24H2. The zero-order valence-electron chi connectivity index (χ0n) is 14.0. The van der Waals surface area contributed by atoms with Crippen molar-refractivity contribution in [3.05, 3.63) is 64.0 Å². The highest BCUT2D eigenvalue weighted by atomic mass is 35.5. The van der Waals surface area contributed by atoms with Gasteiger partial charge in [-0.1, -0.05) is 28.4 Å². The average molecular weight is 427 g/mol. The summed E-state index contributed by atoms with van der Waals surface area (Å²) in [5, 5.41) is 4.72. The largest absolute Gasteiger partial charge is 0.419 e. The number of benzene rings is 2. The molecule has 0 aliphatic heterocycles. The maximum Gasteiger partial charge on any atom is 0.419 e. The van der Waals surface area contributed by atoms with Crippen molar-refractivity contribution in [1.29, 1.82) is 0 Å². The molecule has 0 fully saturated rings. The number of hydrogen-bond acceptors (Lipinski definition) is 4. The third kappa shape index (κ3) is 3.41. The van der Waals surface area contributed by atoms with Crippen molar-refractivity contribution in [3.8, 4) is 11.5 Å². The number of rotatable bonds is 3. The quantitative estimate of drug-likeness (QED) is 0.429. The van der Waals surface area contributed by atoms with E-state index in [1.165, 1.54) is 24.4 Å². The average Bonchev–Trinajstić information content (AvgIpc) is 3.20. The smallest absolute Gasteiger partial charge is 0.398 e. The molecule has 0 aliphatic rings. The Kier molecular flexibility index (Phi) is 4.47. The van der Waals surface area contributed by atoms with Crippen molar-refractivity contribution >= 4 is 39.8 Å². The summed E-state index contributed by atoms with van der Waals surface area (Å²) in [6, 6.07) is 8.93. The summed E-state index contributed by atoms with van der Waals surface area (Å²) in [4.78, 5) is 4.27. The molecule has 144 valence electrons. The molecular formula is C18H11Cl2F3N4O. The van der Waals surface area contributed by atoms with E-state index in [1.54, 1.807) is 22.8 Å². The number of fused-ring (bicyclic) bond motifs is 1. The van der Waals surface area contributed by atoms with E-state index in [4.69, 9.17) is 33.5 Å². The van der Waals surface area contributed by atoms with Crippen LogP contribution in [0, 0.1) is 0 Å². The lowest BCUT2D eigenvalue weighted by Crippen LogP contribution is -2.09. The molecule has 2 N–H and O–H groups in total. The molecule has 4 rings (SSSR count). The maximum atomic E-state index is 13.3. The highest BCUT2D eigenvalue weighted by Gasteiger charge is 2.35. The van der Waals surface area contributed by atoms with Gasteiger partial charge in [0.15, 0.2) is 5.82 Å². The van der Waals surface area contributed by atoms with Crippen LogP contribution in [0.5, 0.6) is 0 Å². The Morgan fingerprint density at radius 2 is 1.79 bits per heavy atom. The van der Waals surface area contributed by atoms with E-state index in [0.29, 0.717) is 21.1 Å². The van der Waals surface area contributed by atoms with E-state index in [9.17, 15) is 13.2 Å². The molecule has 2 aromatic carbocycles. The molecular weight excluding hydrogens is 416 g/mol. The van der Waals surface area contributed by atoms with E-state index >= 15 is 0 Å². The van der Waals surface area contributed by atoms with Crippen LogP contribution in [0.2, 0.25) is 10.0 Å². The van der Waals surface area contributed by atoms with Gasteiger partial charge in [-0.25, -0.2) is 0 Å². The maximum absolute atomic E-state index is 13.3. The van der Waals surface area contributed by atoms with Gasteiger partial charge in [-0.05, 0) is 36.4 Å². The van der Waals surface area contributed by atoms with Crippen LogP contribution in [-0.2, 0) is 12.7 Å². The summed E-state index contributed by atoms with van der Waals surface area (Å²) in [7, 11) is 0. The van der Waals surface area contributed by atoms with Crippen molar-refractivity contribution in [2.45, 2.75) is 12.7 Å². The summed E-state index contributed by atoms with van der Waals surface area (Å²) in [6.45, 7) is 0.114. The van der Waals surface area contributed by atoms with Crippen molar-refractivity contribution in [3.63, 3.8) is 0 Å². The lowest BCUT2D eigenvalue weighted by Gasteiger charge is -2.12. The molecule has 2 heterocycles. The minimum absolute atomic E-state index is 0.0119. The molecule has 0 aliphatic carbocycles. The third-order valence-corrected chi connectivity index (χ3v) is 4.59. The van der Waals surface area contributed by atoms with Crippen molar-refractivity contribution in [1.82, 2.24) is 14.7 Å². The van der Waals surface area contributed by atoms with Gasteiger partial charge in [0.1, 0.15) is 0 Å². The van der Waals surface area contributed by atoms with Crippen LogP contribution in [-0.4, -0.2) is 14.7 Å². The molecule has 0 saturated heterocycles. The fourth-order valence-corrected chi connectivity index (χ4v) is 3.53. The van der Waals surface area contributed by atoms with Crippen LogP contribution in [0.4, 0.5) is 18.9 Å². The number of hydrogen-bond donors (Lipinski definition) is 1. The Morgan fingerprint density at radius 1 is 1.07 bits per heavy atom. The van der Waals surface area contributed by atoms with Gasteiger partial charge >= 0.3 is 6.18 Å². The Hall–Kier alpha value is -2.71. The molecule has 5 nitrogen and oxygen atoms in total. The van der Waals surface area contributed by atoms with E-state index in [-0.39, 0.29) is 29.3 Å². The third-order valence-electron chi connectivity index (χ3n) is 4.16. The molecule has 0 amide bonds. The number of nitrogens with zero attached hydrogens (tertiary/aromatic N) is 3. The SMILES string of the molecule is Nc1ccc2c(ccn2Cc2noc(-c3cc(Cl)cc(Cl)c3)n2)c1C(F)(F)F. The van der Waals surface area contributed by atoms with Gasteiger partial charge in [0, 0.05) is 38.4 Å². The number of alkyl halides is 3. The Balaban J connectivity index is 1.69. The summed E-state index contributed by atoms with van der Waals surface area (Å²) in [6.07, 6.45) is -3.04. The van der Waals surface area contributed by atoms with Crippen molar-refractivity contribution < 1.29 is 17.7 Å². The number of nitrogens with two attached hydrogens (primary N) is 1. The molecule has 2 aromatic heterocycles. The minimum atomic E-state index is -4.55. The first-order valence-corrected chi connectivity index (χ1v) is 8.71. The van der Waals surface area contributed by atoms with Gasteiger partial charge in [0.2, 0.25) is 0 Å². The van der Waals surface area contributed by atoms with Crippen LogP contribution in [0.3, 0.4) is 0 Å². The van der Waals surface area contributed by atoms with Gasteiger partial charge in [0.25, 0.3) is 5.89 Å². The van der Waals surface area contributed by atoms with Crippen LogP contribution < -0.4 is 5.73 Å². The highest BCUT2D eigenvalue weighted by molar-refractivity contribution is 6.35. The molecule has 0 radical (unpaired) electrons. The molecule has 10 heteroatoms. The van der Waals surface area contributed by atoms with Crippen LogP contribution >= 0.6 is 23.2 Å². The molecule has 28 heavy (non-hydrogen) atoms. The summed E-state index contributed by atoms with van der Waals surface area (Å²) < 4.78 is 46.8. The predicted molar refractivity (Wildman–Crippen MR) is 100 cm³/mol. The first kappa shape index (κ1) is 18.6. The number of halogens is 5. The van der Waals surface area contributed by atoms with Crippen molar-refractivity contribution in [2.24, 2.45) is 0 Å². The second-order valence-electron chi connectivity index (χ2n) is 6.08. The second kappa shape index (κ2) is 6.72. The van der Waals surface area contributed by atoms with Gasteiger partial charge in [0.05, 0.1) is 12.1 Å². The molecule has 0 saturated carbocycles. The van der Waals surface area contributed by atoms with E-state index in [2.05, 4.69) is 10.1 Å². The fraction of sp³-hybridized carbons (Fsp3) is 0.111. The van der Waals surface area contributed by atoms with Gasteiger partial charge < -0.3 is 14.8 Å². The molecule has 4 aromatic rings. The number of nitrogen functional groups attached to an aromatic ring is 1. The zero-order chi connectivity index (χ0) is 20.1. The predicted octanol–water partition coefficient (Wildman–Crippen LogP) is 5.65.